The number of rotatable bonds is 6. The molecule has 0 spiro atoms. The molecule has 0 aliphatic heterocycles. The van der Waals surface area contributed by atoms with E-state index in [9.17, 15) is 4.79 Å². The Bertz CT molecular complexity index is 810. The lowest BCUT2D eigenvalue weighted by molar-refractivity contribution is -0.123. The van der Waals surface area contributed by atoms with Gasteiger partial charge >= 0.3 is 0 Å². The van der Waals surface area contributed by atoms with Crippen molar-refractivity contribution in [1.29, 1.82) is 0 Å². The normalized spacial score (nSPS) is 11.2. The molecule has 25 heavy (non-hydrogen) atoms. The molecule has 0 aliphatic carbocycles. The number of nitrogens with one attached hydrogen (secondary N) is 1. The Kier molecular flexibility index (Phi) is 6.93. The average molecular weight is 402 g/mol. The minimum Gasteiger partial charge on any atom is -0.497 e. The molecule has 2 rings (SSSR count). The van der Waals surface area contributed by atoms with Crippen molar-refractivity contribution in [2.45, 2.75) is 6.92 Å². The summed E-state index contributed by atoms with van der Waals surface area (Å²) in [4.78, 5) is 11.9. The van der Waals surface area contributed by atoms with Crippen LogP contribution in [0.3, 0.4) is 0 Å². The summed E-state index contributed by atoms with van der Waals surface area (Å²) in [5.74, 6) is 0.528. The zero-order valence-corrected chi connectivity index (χ0v) is 15.7. The number of nitrogens with zero attached hydrogens (tertiary/aromatic N) is 1. The minimum absolute atomic E-state index is 0.262. The second kappa shape index (κ2) is 8.94. The summed E-state index contributed by atoms with van der Waals surface area (Å²) in [5, 5.41) is 4.89. The summed E-state index contributed by atoms with van der Waals surface area (Å²) in [6.45, 7) is 1.50. The number of hydrogen-bond acceptors (Lipinski definition) is 4. The Morgan fingerprint density at radius 3 is 2.56 bits per heavy atom. The van der Waals surface area contributed by atoms with Crippen LogP contribution in [-0.2, 0) is 4.79 Å². The lowest BCUT2D eigenvalue weighted by Crippen LogP contribution is -2.25. The molecule has 0 atom stereocenters. The van der Waals surface area contributed by atoms with Gasteiger partial charge in [0.1, 0.15) is 11.5 Å². The smallest absolute Gasteiger partial charge is 0.277 e. The molecular weight excluding hydrogens is 387 g/mol. The first-order chi connectivity index (χ1) is 11.9. The fourth-order valence-electron chi connectivity index (χ4n) is 1.85. The molecule has 8 heteroatoms. The molecule has 0 heterocycles. The molecule has 0 fully saturated rings. The Balaban J connectivity index is 1.95. The van der Waals surface area contributed by atoms with E-state index in [-0.39, 0.29) is 22.4 Å². The molecule has 132 valence electrons. The fourth-order valence-corrected chi connectivity index (χ4v) is 2.44. The van der Waals surface area contributed by atoms with Crippen molar-refractivity contribution in [1.82, 2.24) is 5.43 Å². The summed E-state index contributed by atoms with van der Waals surface area (Å²) in [5.41, 5.74) is 3.87. The van der Waals surface area contributed by atoms with Crippen molar-refractivity contribution in [3.8, 4) is 11.5 Å². The number of amides is 1. The molecule has 2 aromatic carbocycles. The maximum absolute atomic E-state index is 11.9. The van der Waals surface area contributed by atoms with E-state index >= 15 is 0 Å². The Morgan fingerprint density at radius 1 is 1.12 bits per heavy atom. The van der Waals surface area contributed by atoms with Gasteiger partial charge in [0.15, 0.2) is 6.61 Å². The van der Waals surface area contributed by atoms with Gasteiger partial charge in [0.05, 0.1) is 27.9 Å². The van der Waals surface area contributed by atoms with Crippen molar-refractivity contribution in [3.05, 3.63) is 57.0 Å². The summed E-state index contributed by atoms with van der Waals surface area (Å²) < 4.78 is 10.5. The van der Waals surface area contributed by atoms with Crippen LogP contribution < -0.4 is 14.9 Å². The highest BCUT2D eigenvalue weighted by Gasteiger charge is 2.09. The van der Waals surface area contributed by atoms with Crippen molar-refractivity contribution in [3.63, 3.8) is 0 Å². The number of ether oxygens (including phenoxy) is 2. The molecule has 1 amide bonds. The number of methoxy groups -OCH3 is 1. The van der Waals surface area contributed by atoms with E-state index in [1.807, 2.05) is 24.3 Å². The predicted molar refractivity (Wildman–Crippen MR) is 100 cm³/mol. The third kappa shape index (κ3) is 5.53. The third-order valence-corrected chi connectivity index (χ3v) is 4.19. The highest BCUT2D eigenvalue weighted by Crippen LogP contribution is 2.33. The van der Waals surface area contributed by atoms with Gasteiger partial charge in [-0.3, -0.25) is 4.79 Å². The predicted octanol–water partition coefficient (Wildman–Crippen LogP) is 4.57. The van der Waals surface area contributed by atoms with Gasteiger partial charge in [-0.2, -0.15) is 5.10 Å². The topological polar surface area (TPSA) is 59.9 Å². The van der Waals surface area contributed by atoms with Crippen LogP contribution in [0.15, 0.2) is 41.5 Å². The van der Waals surface area contributed by atoms with E-state index in [1.165, 1.54) is 12.1 Å². The van der Waals surface area contributed by atoms with Crippen LogP contribution in [0, 0.1) is 0 Å². The zero-order chi connectivity index (χ0) is 18.4. The van der Waals surface area contributed by atoms with Crippen molar-refractivity contribution in [2.75, 3.05) is 13.7 Å². The van der Waals surface area contributed by atoms with Crippen molar-refractivity contribution >= 4 is 46.4 Å². The number of hydrogen-bond donors (Lipinski definition) is 1. The van der Waals surface area contributed by atoms with Gasteiger partial charge < -0.3 is 9.47 Å². The van der Waals surface area contributed by atoms with Gasteiger partial charge in [0.25, 0.3) is 5.91 Å². The maximum atomic E-state index is 11.9. The van der Waals surface area contributed by atoms with Crippen LogP contribution in [0.4, 0.5) is 0 Å². The molecule has 0 unspecified atom stereocenters. The lowest BCUT2D eigenvalue weighted by atomic mass is 10.1. The van der Waals surface area contributed by atoms with Gasteiger partial charge in [-0.25, -0.2) is 5.43 Å². The number of carbonyl (C=O) groups excluding carboxylic acids is 1. The molecule has 0 aromatic heterocycles. The second-order valence-electron chi connectivity index (χ2n) is 4.95. The van der Waals surface area contributed by atoms with Crippen LogP contribution in [0.2, 0.25) is 15.1 Å². The zero-order valence-electron chi connectivity index (χ0n) is 13.5. The molecule has 1 N–H and O–H groups in total. The van der Waals surface area contributed by atoms with E-state index in [0.717, 1.165) is 5.56 Å². The maximum Gasteiger partial charge on any atom is 0.277 e. The van der Waals surface area contributed by atoms with E-state index in [2.05, 4.69) is 10.5 Å². The minimum atomic E-state index is -0.440. The van der Waals surface area contributed by atoms with E-state index < -0.39 is 5.91 Å². The number of hydrazone groups is 1. The quantitative estimate of drug-likeness (QED) is 0.438. The first-order valence-corrected chi connectivity index (χ1v) is 8.29. The molecule has 0 radical (unpaired) electrons. The van der Waals surface area contributed by atoms with Crippen molar-refractivity contribution < 1.29 is 14.3 Å². The average Bonchev–Trinajstić information content (AvgIpc) is 2.61. The van der Waals surface area contributed by atoms with Gasteiger partial charge in [-0.15, -0.1) is 0 Å². The van der Waals surface area contributed by atoms with E-state index in [0.29, 0.717) is 16.5 Å². The molecule has 0 saturated carbocycles. The largest absolute Gasteiger partial charge is 0.497 e. The highest BCUT2D eigenvalue weighted by atomic mass is 35.5. The molecule has 0 aliphatic rings. The van der Waals surface area contributed by atoms with Crippen molar-refractivity contribution in [2.24, 2.45) is 5.10 Å². The summed E-state index contributed by atoms with van der Waals surface area (Å²) in [7, 11) is 1.58. The summed E-state index contributed by atoms with van der Waals surface area (Å²) >= 11 is 17.7. The molecule has 5 nitrogen and oxygen atoms in total. The summed E-state index contributed by atoms with van der Waals surface area (Å²) in [6.07, 6.45) is 0. The third-order valence-electron chi connectivity index (χ3n) is 3.17. The van der Waals surface area contributed by atoms with Crippen LogP contribution in [0.5, 0.6) is 11.5 Å². The summed E-state index contributed by atoms with van der Waals surface area (Å²) in [6, 6.07) is 10.2. The Hall–Kier alpha value is -1.95. The van der Waals surface area contributed by atoms with E-state index in [4.69, 9.17) is 44.3 Å². The fraction of sp³-hybridized carbons (Fsp3) is 0.176. The van der Waals surface area contributed by atoms with E-state index in [1.54, 1.807) is 14.0 Å². The SMILES string of the molecule is COc1cccc(/C(C)=N/NC(=O)COc2cc(Cl)c(Cl)cc2Cl)c1. The van der Waals surface area contributed by atoms with Crippen LogP contribution in [-0.4, -0.2) is 25.3 Å². The van der Waals surface area contributed by atoms with Gasteiger partial charge in [-0.05, 0) is 25.1 Å². The standard InChI is InChI=1S/C17H15Cl3N2O3/c1-10(11-4-3-5-12(6-11)24-2)21-22-17(23)9-25-16-8-14(19)13(18)7-15(16)20/h3-8H,9H2,1-2H3,(H,22,23)/b21-10+. The molecule has 0 saturated heterocycles. The van der Waals surface area contributed by atoms with Gasteiger partial charge in [0, 0.05) is 11.6 Å². The lowest BCUT2D eigenvalue weighted by Gasteiger charge is -2.09. The Labute approximate surface area is 160 Å². The van der Waals surface area contributed by atoms with Crippen LogP contribution in [0.1, 0.15) is 12.5 Å². The van der Waals surface area contributed by atoms with Gasteiger partial charge in [0.2, 0.25) is 0 Å². The number of halogens is 3. The highest BCUT2D eigenvalue weighted by molar-refractivity contribution is 6.43. The molecule has 2 aromatic rings. The second-order valence-corrected chi connectivity index (χ2v) is 6.17. The Morgan fingerprint density at radius 2 is 1.84 bits per heavy atom. The number of benzene rings is 2. The van der Waals surface area contributed by atoms with Crippen LogP contribution >= 0.6 is 34.8 Å². The van der Waals surface area contributed by atoms with Gasteiger partial charge in [-0.1, -0.05) is 46.9 Å². The molecule has 0 bridgehead atoms. The first kappa shape index (κ1) is 19.4. The molecular formula is C17H15Cl3N2O3. The monoisotopic (exact) mass is 400 g/mol. The number of carbonyl (C=O) groups is 1. The van der Waals surface area contributed by atoms with Crippen LogP contribution in [0.25, 0.3) is 0 Å². The first-order valence-electron chi connectivity index (χ1n) is 7.15.